The van der Waals surface area contributed by atoms with Crippen LogP contribution in [0.3, 0.4) is 0 Å². The first kappa shape index (κ1) is 9.92. The zero-order valence-corrected chi connectivity index (χ0v) is 6.81. The lowest BCUT2D eigenvalue weighted by atomic mass is 10.1. The molecule has 0 rings (SSSR count). The summed E-state index contributed by atoms with van der Waals surface area (Å²) in [4.78, 5) is 0. The minimum atomic E-state index is 0.338. The summed E-state index contributed by atoms with van der Waals surface area (Å²) in [6.45, 7) is 1.21. The standard InChI is InChI=1S/C8H18O2/c1-10-8-6-4-2-3-5-7-9/h9H,2-8H2,1H3. The van der Waals surface area contributed by atoms with Gasteiger partial charge in [-0.05, 0) is 12.8 Å². The molecule has 0 aliphatic rings. The highest BCUT2D eigenvalue weighted by molar-refractivity contribution is 4.42. The molecule has 0 atom stereocenters. The SMILES string of the molecule is COCCCCCCCO. The van der Waals surface area contributed by atoms with E-state index in [9.17, 15) is 0 Å². The maximum absolute atomic E-state index is 8.44. The van der Waals surface area contributed by atoms with Gasteiger partial charge in [0.05, 0.1) is 0 Å². The van der Waals surface area contributed by atoms with Crippen molar-refractivity contribution in [3.63, 3.8) is 0 Å². The number of ether oxygens (including phenoxy) is 1. The van der Waals surface area contributed by atoms with Crippen LogP contribution in [0.15, 0.2) is 0 Å². The second-order valence-corrected chi connectivity index (χ2v) is 2.48. The summed E-state index contributed by atoms with van der Waals surface area (Å²) in [7, 11) is 1.73. The van der Waals surface area contributed by atoms with Gasteiger partial charge in [-0.3, -0.25) is 0 Å². The molecule has 0 aromatic carbocycles. The summed E-state index contributed by atoms with van der Waals surface area (Å²) in [6, 6.07) is 0. The zero-order chi connectivity index (χ0) is 7.66. The highest BCUT2D eigenvalue weighted by atomic mass is 16.5. The van der Waals surface area contributed by atoms with E-state index in [1.54, 1.807) is 7.11 Å². The van der Waals surface area contributed by atoms with E-state index in [2.05, 4.69) is 0 Å². The molecule has 2 heteroatoms. The average Bonchev–Trinajstić information content (AvgIpc) is 1.97. The Bertz CT molecular complexity index is 47.2. The quantitative estimate of drug-likeness (QED) is 0.552. The molecule has 0 aliphatic heterocycles. The van der Waals surface area contributed by atoms with E-state index in [-0.39, 0.29) is 0 Å². The molecule has 0 aliphatic carbocycles. The van der Waals surface area contributed by atoms with Crippen LogP contribution >= 0.6 is 0 Å². The van der Waals surface area contributed by atoms with Crippen LogP contribution in [0.1, 0.15) is 32.1 Å². The lowest BCUT2D eigenvalue weighted by molar-refractivity contribution is 0.191. The fraction of sp³-hybridized carbons (Fsp3) is 1.00. The second kappa shape index (κ2) is 8.92. The molecule has 2 nitrogen and oxygen atoms in total. The molecule has 0 bridgehead atoms. The van der Waals surface area contributed by atoms with Gasteiger partial charge in [-0.15, -0.1) is 0 Å². The van der Waals surface area contributed by atoms with Gasteiger partial charge in [-0.2, -0.15) is 0 Å². The average molecular weight is 146 g/mol. The molecule has 0 aromatic heterocycles. The minimum Gasteiger partial charge on any atom is -0.396 e. The van der Waals surface area contributed by atoms with Crippen molar-refractivity contribution >= 4 is 0 Å². The Labute approximate surface area is 63.2 Å². The minimum absolute atomic E-state index is 0.338. The molecular formula is C8H18O2. The summed E-state index contributed by atoms with van der Waals surface area (Å²) in [5.41, 5.74) is 0. The zero-order valence-electron chi connectivity index (χ0n) is 6.81. The smallest absolute Gasteiger partial charge is 0.0462 e. The Hall–Kier alpha value is -0.0800. The molecule has 0 amide bonds. The van der Waals surface area contributed by atoms with Crippen molar-refractivity contribution in [3.05, 3.63) is 0 Å². The molecule has 0 heterocycles. The van der Waals surface area contributed by atoms with Gasteiger partial charge in [0.15, 0.2) is 0 Å². The number of hydrogen-bond acceptors (Lipinski definition) is 2. The van der Waals surface area contributed by atoms with Gasteiger partial charge < -0.3 is 9.84 Å². The van der Waals surface area contributed by atoms with Crippen LogP contribution in [0.4, 0.5) is 0 Å². The van der Waals surface area contributed by atoms with Crippen LogP contribution in [0.2, 0.25) is 0 Å². The van der Waals surface area contributed by atoms with Crippen LogP contribution in [-0.2, 0) is 4.74 Å². The lowest BCUT2D eigenvalue weighted by Crippen LogP contribution is -1.89. The largest absolute Gasteiger partial charge is 0.396 e. The van der Waals surface area contributed by atoms with Crippen molar-refractivity contribution in [1.82, 2.24) is 0 Å². The van der Waals surface area contributed by atoms with Crippen LogP contribution in [-0.4, -0.2) is 25.4 Å². The third-order valence-corrected chi connectivity index (χ3v) is 1.51. The van der Waals surface area contributed by atoms with E-state index in [1.165, 1.54) is 12.8 Å². The van der Waals surface area contributed by atoms with Crippen molar-refractivity contribution in [2.75, 3.05) is 20.3 Å². The molecule has 0 spiro atoms. The Morgan fingerprint density at radius 2 is 1.60 bits per heavy atom. The third kappa shape index (κ3) is 7.92. The highest BCUT2D eigenvalue weighted by Crippen LogP contribution is 2.01. The van der Waals surface area contributed by atoms with Crippen molar-refractivity contribution in [2.24, 2.45) is 0 Å². The maximum Gasteiger partial charge on any atom is 0.0462 e. The van der Waals surface area contributed by atoms with Gasteiger partial charge in [-0.25, -0.2) is 0 Å². The summed E-state index contributed by atoms with van der Waals surface area (Å²) in [5.74, 6) is 0. The molecule has 0 unspecified atom stereocenters. The first-order valence-electron chi connectivity index (χ1n) is 4.01. The summed E-state index contributed by atoms with van der Waals surface area (Å²) in [6.07, 6.45) is 5.72. The first-order valence-corrected chi connectivity index (χ1v) is 4.01. The van der Waals surface area contributed by atoms with Crippen LogP contribution < -0.4 is 0 Å². The highest BCUT2D eigenvalue weighted by Gasteiger charge is 1.88. The van der Waals surface area contributed by atoms with Gasteiger partial charge in [0.2, 0.25) is 0 Å². The second-order valence-electron chi connectivity index (χ2n) is 2.48. The maximum atomic E-state index is 8.44. The number of rotatable bonds is 7. The fourth-order valence-electron chi connectivity index (χ4n) is 0.889. The van der Waals surface area contributed by atoms with Crippen LogP contribution in [0.5, 0.6) is 0 Å². The molecule has 0 aromatic rings. The molecule has 0 saturated carbocycles. The van der Waals surface area contributed by atoms with Crippen molar-refractivity contribution < 1.29 is 9.84 Å². The molecule has 62 valence electrons. The summed E-state index contributed by atoms with van der Waals surface area (Å²) < 4.78 is 4.90. The van der Waals surface area contributed by atoms with E-state index < -0.39 is 0 Å². The van der Waals surface area contributed by atoms with Gasteiger partial charge in [-0.1, -0.05) is 19.3 Å². The van der Waals surface area contributed by atoms with E-state index >= 15 is 0 Å². The predicted octanol–water partition coefficient (Wildman–Crippen LogP) is 1.58. The van der Waals surface area contributed by atoms with E-state index in [1.807, 2.05) is 0 Å². The number of hydrogen-bond donors (Lipinski definition) is 1. The lowest BCUT2D eigenvalue weighted by Gasteiger charge is -1.98. The summed E-state index contributed by atoms with van der Waals surface area (Å²) in [5, 5.41) is 8.44. The Morgan fingerprint density at radius 1 is 1.00 bits per heavy atom. The van der Waals surface area contributed by atoms with Gasteiger partial charge in [0.25, 0.3) is 0 Å². The number of aliphatic hydroxyl groups is 1. The molecule has 1 N–H and O–H groups in total. The Balaban J connectivity index is 2.65. The molecule has 0 radical (unpaired) electrons. The Kier molecular flexibility index (Phi) is 8.85. The first-order chi connectivity index (χ1) is 4.91. The monoisotopic (exact) mass is 146 g/mol. The van der Waals surface area contributed by atoms with Crippen LogP contribution in [0.25, 0.3) is 0 Å². The van der Waals surface area contributed by atoms with E-state index in [0.717, 1.165) is 25.9 Å². The molecule has 0 saturated heterocycles. The van der Waals surface area contributed by atoms with Crippen molar-refractivity contribution in [1.29, 1.82) is 0 Å². The number of aliphatic hydroxyl groups excluding tert-OH is 1. The van der Waals surface area contributed by atoms with Crippen molar-refractivity contribution in [2.45, 2.75) is 32.1 Å². The van der Waals surface area contributed by atoms with E-state index in [0.29, 0.717) is 6.61 Å². The molecular weight excluding hydrogens is 128 g/mol. The van der Waals surface area contributed by atoms with Gasteiger partial charge in [0.1, 0.15) is 0 Å². The molecule has 0 fully saturated rings. The van der Waals surface area contributed by atoms with Gasteiger partial charge >= 0.3 is 0 Å². The van der Waals surface area contributed by atoms with Gasteiger partial charge in [0, 0.05) is 20.3 Å². The fourth-order valence-corrected chi connectivity index (χ4v) is 0.889. The predicted molar refractivity (Wildman–Crippen MR) is 42.0 cm³/mol. The number of unbranched alkanes of at least 4 members (excludes halogenated alkanes) is 4. The third-order valence-electron chi connectivity index (χ3n) is 1.51. The van der Waals surface area contributed by atoms with E-state index in [4.69, 9.17) is 9.84 Å². The normalized spacial score (nSPS) is 10.2. The Morgan fingerprint density at radius 3 is 2.20 bits per heavy atom. The summed E-state index contributed by atoms with van der Waals surface area (Å²) >= 11 is 0. The topological polar surface area (TPSA) is 29.5 Å². The molecule has 10 heavy (non-hydrogen) atoms. The van der Waals surface area contributed by atoms with Crippen molar-refractivity contribution in [3.8, 4) is 0 Å². The van der Waals surface area contributed by atoms with Crippen LogP contribution in [0, 0.1) is 0 Å². The number of methoxy groups -OCH3 is 1.